The summed E-state index contributed by atoms with van der Waals surface area (Å²) in [6.45, 7) is -0.819. The summed E-state index contributed by atoms with van der Waals surface area (Å²) in [6.07, 6.45) is 0.0597. The molecule has 2 aromatic carbocycles. The van der Waals surface area contributed by atoms with Gasteiger partial charge in [0.25, 0.3) is 0 Å². The number of para-hydroxylation sites is 3. The summed E-state index contributed by atoms with van der Waals surface area (Å²) in [5, 5.41) is 0. The Morgan fingerprint density at radius 3 is 2.29 bits per heavy atom. The topological polar surface area (TPSA) is 30.9 Å². The Bertz CT molecular complexity index is 675. The summed E-state index contributed by atoms with van der Waals surface area (Å²) < 4.78 is 40.6. The molecule has 0 amide bonds. The van der Waals surface area contributed by atoms with E-state index in [2.05, 4.69) is 9.64 Å². The summed E-state index contributed by atoms with van der Waals surface area (Å²) in [6, 6.07) is 14.4. The number of ether oxygens (including phenoxy) is 3. The lowest BCUT2D eigenvalue weighted by Gasteiger charge is -2.39. The van der Waals surface area contributed by atoms with Crippen LogP contribution in [0.1, 0.15) is 5.56 Å². The van der Waals surface area contributed by atoms with E-state index in [4.69, 9.17) is 9.47 Å². The van der Waals surface area contributed by atoms with Crippen LogP contribution in [0.5, 0.6) is 17.2 Å². The van der Waals surface area contributed by atoms with Gasteiger partial charge in [0.05, 0.1) is 7.11 Å². The van der Waals surface area contributed by atoms with Crippen molar-refractivity contribution in [3.05, 3.63) is 54.1 Å². The predicted molar refractivity (Wildman–Crippen MR) is 85.8 cm³/mol. The Hall–Kier alpha value is -2.34. The lowest BCUT2D eigenvalue weighted by Crippen LogP contribution is -2.53. The molecule has 2 aromatic rings. The van der Waals surface area contributed by atoms with Gasteiger partial charge in [-0.1, -0.05) is 30.3 Å². The van der Waals surface area contributed by atoms with Crippen molar-refractivity contribution < 1.29 is 23.0 Å². The number of halogens is 2. The third-order valence-electron chi connectivity index (χ3n) is 3.87. The number of benzene rings is 2. The number of rotatable bonds is 7. The normalized spacial score (nSPS) is 15.2. The van der Waals surface area contributed by atoms with Crippen molar-refractivity contribution >= 4 is 0 Å². The average molecular weight is 335 g/mol. The van der Waals surface area contributed by atoms with Crippen LogP contribution in [0.3, 0.4) is 0 Å². The first-order valence-electron chi connectivity index (χ1n) is 7.70. The van der Waals surface area contributed by atoms with Crippen LogP contribution >= 0.6 is 0 Å². The Kier molecular flexibility index (Phi) is 5.15. The molecule has 3 rings (SSSR count). The van der Waals surface area contributed by atoms with E-state index in [1.807, 2.05) is 30.3 Å². The second-order valence-corrected chi connectivity index (χ2v) is 5.57. The maximum Gasteiger partial charge on any atom is 0.387 e. The molecule has 128 valence electrons. The van der Waals surface area contributed by atoms with Gasteiger partial charge in [0, 0.05) is 25.2 Å². The number of hydrogen-bond acceptors (Lipinski definition) is 4. The first-order chi connectivity index (χ1) is 11.7. The van der Waals surface area contributed by atoms with Crippen LogP contribution in [0, 0.1) is 0 Å². The first kappa shape index (κ1) is 16.5. The van der Waals surface area contributed by atoms with Crippen molar-refractivity contribution in [3.63, 3.8) is 0 Å². The van der Waals surface area contributed by atoms with E-state index in [1.165, 1.54) is 0 Å². The van der Waals surface area contributed by atoms with E-state index >= 15 is 0 Å². The highest BCUT2D eigenvalue weighted by Crippen LogP contribution is 2.30. The van der Waals surface area contributed by atoms with Crippen LogP contribution in [-0.4, -0.2) is 37.8 Å². The molecule has 0 atom stereocenters. The van der Waals surface area contributed by atoms with E-state index in [-0.39, 0.29) is 11.9 Å². The molecule has 0 N–H and O–H groups in total. The van der Waals surface area contributed by atoms with Gasteiger partial charge in [-0.25, -0.2) is 0 Å². The third-order valence-corrected chi connectivity index (χ3v) is 3.87. The smallest absolute Gasteiger partial charge is 0.387 e. The van der Waals surface area contributed by atoms with Gasteiger partial charge in [-0.2, -0.15) is 8.78 Å². The number of likely N-dealkylation sites (tertiary alicyclic amines) is 1. The molecule has 1 aliphatic heterocycles. The van der Waals surface area contributed by atoms with Crippen LogP contribution in [0.2, 0.25) is 0 Å². The van der Waals surface area contributed by atoms with Gasteiger partial charge in [-0.3, -0.25) is 4.90 Å². The molecule has 1 heterocycles. The molecule has 0 bridgehead atoms. The van der Waals surface area contributed by atoms with E-state index in [0.29, 0.717) is 18.0 Å². The molecule has 0 radical (unpaired) electrons. The lowest BCUT2D eigenvalue weighted by molar-refractivity contribution is -0.0516. The zero-order valence-electron chi connectivity index (χ0n) is 13.3. The average Bonchev–Trinajstić information content (AvgIpc) is 2.54. The second kappa shape index (κ2) is 7.49. The summed E-state index contributed by atoms with van der Waals surface area (Å²) in [5.41, 5.74) is 0.744. The van der Waals surface area contributed by atoms with Crippen LogP contribution in [0.4, 0.5) is 8.78 Å². The highest BCUT2D eigenvalue weighted by molar-refractivity contribution is 5.39. The molecule has 0 aliphatic carbocycles. The van der Waals surface area contributed by atoms with E-state index in [1.54, 1.807) is 25.3 Å². The highest BCUT2D eigenvalue weighted by atomic mass is 19.3. The van der Waals surface area contributed by atoms with Gasteiger partial charge in [0.15, 0.2) is 11.5 Å². The molecular weight excluding hydrogens is 316 g/mol. The minimum Gasteiger partial charge on any atom is -0.493 e. The van der Waals surface area contributed by atoms with Crippen molar-refractivity contribution in [3.8, 4) is 17.2 Å². The van der Waals surface area contributed by atoms with Crippen LogP contribution in [-0.2, 0) is 6.54 Å². The molecule has 0 spiro atoms. The molecule has 1 fully saturated rings. The number of alkyl halides is 2. The summed E-state index contributed by atoms with van der Waals surface area (Å²) in [7, 11) is 1.61. The molecule has 1 saturated heterocycles. The molecule has 0 aromatic heterocycles. The number of nitrogens with zero attached hydrogens (tertiary/aromatic N) is 1. The molecular formula is C18H19F2NO3. The van der Waals surface area contributed by atoms with Crippen molar-refractivity contribution in [1.29, 1.82) is 0 Å². The van der Waals surface area contributed by atoms with E-state index in [0.717, 1.165) is 18.7 Å². The molecule has 6 heteroatoms. The highest BCUT2D eigenvalue weighted by Gasteiger charge is 2.29. The zero-order valence-corrected chi connectivity index (χ0v) is 13.3. The maximum atomic E-state index is 12.4. The van der Waals surface area contributed by atoms with Crippen molar-refractivity contribution in [2.75, 3.05) is 20.2 Å². The predicted octanol–water partition coefficient (Wildman–Crippen LogP) is 3.56. The number of hydrogen-bond donors (Lipinski definition) is 0. The summed E-state index contributed by atoms with van der Waals surface area (Å²) >= 11 is 0. The van der Waals surface area contributed by atoms with Gasteiger partial charge in [-0.05, 0) is 18.2 Å². The Labute approximate surface area is 139 Å². The lowest BCUT2D eigenvalue weighted by atomic mass is 10.1. The molecule has 1 aliphatic rings. The van der Waals surface area contributed by atoms with Gasteiger partial charge in [0.1, 0.15) is 11.9 Å². The third kappa shape index (κ3) is 3.94. The van der Waals surface area contributed by atoms with E-state index < -0.39 is 6.61 Å². The Morgan fingerprint density at radius 1 is 1.00 bits per heavy atom. The second-order valence-electron chi connectivity index (χ2n) is 5.57. The van der Waals surface area contributed by atoms with Crippen LogP contribution in [0.25, 0.3) is 0 Å². The fourth-order valence-electron chi connectivity index (χ4n) is 2.71. The van der Waals surface area contributed by atoms with Gasteiger partial charge >= 0.3 is 6.61 Å². The Morgan fingerprint density at radius 2 is 1.62 bits per heavy atom. The van der Waals surface area contributed by atoms with E-state index in [9.17, 15) is 8.78 Å². The largest absolute Gasteiger partial charge is 0.493 e. The van der Waals surface area contributed by atoms with Gasteiger partial charge < -0.3 is 14.2 Å². The van der Waals surface area contributed by atoms with Crippen LogP contribution < -0.4 is 14.2 Å². The Balaban J connectivity index is 1.54. The fraction of sp³-hybridized carbons (Fsp3) is 0.333. The quantitative estimate of drug-likeness (QED) is 0.774. The van der Waals surface area contributed by atoms with Crippen molar-refractivity contribution in [2.45, 2.75) is 19.3 Å². The molecule has 24 heavy (non-hydrogen) atoms. The van der Waals surface area contributed by atoms with Crippen LogP contribution in [0.15, 0.2) is 48.5 Å². The fourth-order valence-corrected chi connectivity index (χ4v) is 2.71. The monoisotopic (exact) mass is 335 g/mol. The SMILES string of the molecule is COc1ccccc1OC1CN(Cc2ccccc2OC(F)F)C1. The van der Waals surface area contributed by atoms with Gasteiger partial charge in [0.2, 0.25) is 0 Å². The minimum atomic E-state index is -2.82. The molecule has 0 unspecified atom stereocenters. The van der Waals surface area contributed by atoms with Crippen molar-refractivity contribution in [2.24, 2.45) is 0 Å². The maximum absolute atomic E-state index is 12.4. The zero-order chi connectivity index (χ0) is 16.9. The van der Waals surface area contributed by atoms with Crippen molar-refractivity contribution in [1.82, 2.24) is 4.90 Å². The molecule has 0 saturated carbocycles. The summed E-state index contributed by atoms with van der Waals surface area (Å²) in [5.74, 6) is 1.64. The first-order valence-corrected chi connectivity index (χ1v) is 7.70. The minimum absolute atomic E-state index is 0.0597. The number of methoxy groups -OCH3 is 1. The summed E-state index contributed by atoms with van der Waals surface area (Å²) in [4.78, 5) is 2.12. The van der Waals surface area contributed by atoms with Gasteiger partial charge in [-0.15, -0.1) is 0 Å². The molecule has 4 nitrogen and oxygen atoms in total. The standard InChI is InChI=1S/C18H19F2NO3/c1-22-16-8-4-5-9-17(16)23-14-11-21(12-14)10-13-6-2-3-7-15(13)24-18(19)20/h2-9,14,18H,10-12H2,1H3.